The first-order chi connectivity index (χ1) is 7.16. The first-order valence-electron chi connectivity index (χ1n) is 4.45. The molecule has 80 valence electrons. The number of nitrogens with two attached hydrogens (primary N) is 1. The van der Waals surface area contributed by atoms with Crippen molar-refractivity contribution in [3.05, 3.63) is 31.9 Å². The van der Waals surface area contributed by atoms with Gasteiger partial charge in [-0.1, -0.05) is 16.1 Å². The van der Waals surface area contributed by atoms with Crippen LogP contribution in [0, 0.1) is 6.92 Å². The molecule has 15 heavy (non-hydrogen) atoms. The Morgan fingerprint density at radius 2 is 2.33 bits per heavy atom. The molecule has 0 radical (unpaired) electrons. The second-order valence-corrected chi connectivity index (χ2v) is 5.82. The zero-order chi connectivity index (χ0) is 10.8. The highest BCUT2D eigenvalue weighted by Gasteiger charge is 2.14. The van der Waals surface area contributed by atoms with E-state index in [9.17, 15) is 0 Å². The standard InChI is InChI=1S/C9H10ClN3S2/c1-5-9(15-13-12-5)7(11)4-6-2-3-8(10)14-6/h2-3,7H,4,11H2,1H3. The first-order valence-corrected chi connectivity index (χ1v) is 6.42. The third kappa shape index (κ3) is 2.55. The van der Waals surface area contributed by atoms with Gasteiger partial charge in [0.2, 0.25) is 0 Å². The lowest BCUT2D eigenvalue weighted by atomic mass is 10.1. The Kier molecular flexibility index (Phi) is 3.35. The van der Waals surface area contributed by atoms with Crippen LogP contribution in [0.25, 0.3) is 0 Å². The van der Waals surface area contributed by atoms with Crippen LogP contribution in [0.15, 0.2) is 12.1 Å². The molecule has 0 bridgehead atoms. The van der Waals surface area contributed by atoms with Crippen molar-refractivity contribution >= 4 is 34.5 Å². The summed E-state index contributed by atoms with van der Waals surface area (Å²) < 4.78 is 4.68. The van der Waals surface area contributed by atoms with Crippen LogP contribution in [0.1, 0.15) is 21.5 Å². The molecule has 0 aromatic carbocycles. The molecular formula is C9H10ClN3S2. The molecule has 1 unspecified atom stereocenters. The van der Waals surface area contributed by atoms with E-state index in [1.807, 2.05) is 19.1 Å². The van der Waals surface area contributed by atoms with E-state index in [1.54, 1.807) is 11.3 Å². The Morgan fingerprint density at radius 3 is 2.87 bits per heavy atom. The number of hydrogen-bond acceptors (Lipinski definition) is 5. The van der Waals surface area contributed by atoms with Crippen molar-refractivity contribution < 1.29 is 0 Å². The van der Waals surface area contributed by atoms with E-state index < -0.39 is 0 Å². The Hall–Kier alpha value is -0.490. The molecule has 0 saturated carbocycles. The SMILES string of the molecule is Cc1nnsc1C(N)Cc1ccc(Cl)s1. The number of rotatable bonds is 3. The summed E-state index contributed by atoms with van der Waals surface area (Å²) in [6.45, 7) is 1.93. The van der Waals surface area contributed by atoms with E-state index in [4.69, 9.17) is 17.3 Å². The lowest BCUT2D eigenvalue weighted by molar-refractivity contribution is 0.736. The maximum absolute atomic E-state index is 6.08. The molecule has 1 atom stereocenters. The molecule has 2 rings (SSSR count). The van der Waals surface area contributed by atoms with Crippen LogP contribution in [-0.2, 0) is 6.42 Å². The summed E-state index contributed by atoms with van der Waals surface area (Å²) in [5, 5.41) is 3.95. The van der Waals surface area contributed by atoms with Gasteiger partial charge in [-0.2, -0.15) is 0 Å². The van der Waals surface area contributed by atoms with Crippen molar-refractivity contribution in [1.82, 2.24) is 9.59 Å². The Morgan fingerprint density at radius 1 is 1.53 bits per heavy atom. The summed E-state index contributed by atoms with van der Waals surface area (Å²) in [4.78, 5) is 2.25. The van der Waals surface area contributed by atoms with Crippen LogP contribution < -0.4 is 5.73 Å². The van der Waals surface area contributed by atoms with Crippen LogP contribution in [0.5, 0.6) is 0 Å². The molecule has 0 aliphatic heterocycles. The summed E-state index contributed by atoms with van der Waals surface area (Å²) >= 11 is 8.79. The largest absolute Gasteiger partial charge is 0.323 e. The zero-order valence-electron chi connectivity index (χ0n) is 8.11. The summed E-state index contributed by atoms with van der Waals surface area (Å²) in [6, 6.07) is 3.88. The van der Waals surface area contributed by atoms with Crippen molar-refractivity contribution in [1.29, 1.82) is 0 Å². The second-order valence-electron chi connectivity index (χ2n) is 3.24. The zero-order valence-corrected chi connectivity index (χ0v) is 10.5. The molecule has 0 saturated heterocycles. The van der Waals surface area contributed by atoms with Crippen molar-refractivity contribution in [2.75, 3.05) is 0 Å². The van der Waals surface area contributed by atoms with E-state index in [1.165, 1.54) is 16.4 Å². The predicted octanol–water partition coefficient (Wildman–Crippen LogP) is 2.80. The Labute approximate surface area is 101 Å². The monoisotopic (exact) mass is 259 g/mol. The van der Waals surface area contributed by atoms with Gasteiger partial charge in [-0.05, 0) is 30.6 Å². The van der Waals surface area contributed by atoms with Gasteiger partial charge in [-0.25, -0.2) is 0 Å². The summed E-state index contributed by atoms with van der Waals surface area (Å²) in [5.41, 5.74) is 7.00. The summed E-state index contributed by atoms with van der Waals surface area (Å²) in [7, 11) is 0. The van der Waals surface area contributed by atoms with E-state index in [2.05, 4.69) is 9.59 Å². The molecule has 0 aliphatic rings. The number of aromatic nitrogens is 2. The molecule has 0 amide bonds. The maximum Gasteiger partial charge on any atom is 0.0931 e. The number of hydrogen-bond donors (Lipinski definition) is 1. The first kappa shape index (κ1) is 11.0. The molecule has 0 aliphatic carbocycles. The van der Waals surface area contributed by atoms with Gasteiger partial charge >= 0.3 is 0 Å². The molecule has 2 N–H and O–H groups in total. The predicted molar refractivity (Wildman–Crippen MR) is 64.6 cm³/mol. The number of halogens is 1. The third-order valence-electron chi connectivity index (χ3n) is 2.07. The molecule has 2 heterocycles. The average Bonchev–Trinajstić information content (AvgIpc) is 2.75. The fourth-order valence-corrected chi connectivity index (χ4v) is 3.14. The molecule has 3 nitrogen and oxygen atoms in total. The molecular weight excluding hydrogens is 250 g/mol. The highest BCUT2D eigenvalue weighted by Crippen LogP contribution is 2.27. The normalized spacial score (nSPS) is 13.0. The van der Waals surface area contributed by atoms with E-state index >= 15 is 0 Å². The van der Waals surface area contributed by atoms with Gasteiger partial charge in [0.25, 0.3) is 0 Å². The average molecular weight is 260 g/mol. The van der Waals surface area contributed by atoms with Crippen molar-refractivity contribution in [3.63, 3.8) is 0 Å². The summed E-state index contributed by atoms with van der Waals surface area (Å²) in [6.07, 6.45) is 0.794. The molecule has 0 spiro atoms. The lowest BCUT2D eigenvalue weighted by Crippen LogP contribution is -2.12. The number of thiophene rings is 1. The fraction of sp³-hybridized carbons (Fsp3) is 0.333. The highest BCUT2D eigenvalue weighted by molar-refractivity contribution is 7.16. The maximum atomic E-state index is 6.08. The van der Waals surface area contributed by atoms with Crippen LogP contribution in [0.4, 0.5) is 0 Å². The van der Waals surface area contributed by atoms with Gasteiger partial charge in [0.15, 0.2) is 0 Å². The van der Waals surface area contributed by atoms with Gasteiger partial charge in [0.05, 0.1) is 14.9 Å². The minimum absolute atomic E-state index is 0.0280. The van der Waals surface area contributed by atoms with Gasteiger partial charge < -0.3 is 5.73 Å². The van der Waals surface area contributed by atoms with Crippen molar-refractivity contribution in [2.45, 2.75) is 19.4 Å². The van der Waals surface area contributed by atoms with Crippen LogP contribution in [0.2, 0.25) is 4.34 Å². The topological polar surface area (TPSA) is 51.8 Å². The van der Waals surface area contributed by atoms with E-state index in [0.717, 1.165) is 21.3 Å². The summed E-state index contributed by atoms with van der Waals surface area (Å²) in [5.74, 6) is 0. The van der Waals surface area contributed by atoms with Crippen LogP contribution in [-0.4, -0.2) is 9.59 Å². The van der Waals surface area contributed by atoms with Crippen LogP contribution >= 0.6 is 34.5 Å². The smallest absolute Gasteiger partial charge is 0.0931 e. The molecule has 0 fully saturated rings. The van der Waals surface area contributed by atoms with E-state index in [0.29, 0.717) is 0 Å². The van der Waals surface area contributed by atoms with Crippen molar-refractivity contribution in [2.24, 2.45) is 5.73 Å². The van der Waals surface area contributed by atoms with Gasteiger partial charge in [0.1, 0.15) is 0 Å². The third-order valence-corrected chi connectivity index (χ3v) is 4.28. The van der Waals surface area contributed by atoms with Gasteiger partial charge in [0, 0.05) is 17.3 Å². The number of aryl methyl sites for hydroxylation is 1. The highest BCUT2D eigenvalue weighted by atomic mass is 35.5. The lowest BCUT2D eigenvalue weighted by Gasteiger charge is -2.07. The van der Waals surface area contributed by atoms with E-state index in [-0.39, 0.29) is 6.04 Å². The van der Waals surface area contributed by atoms with Gasteiger partial charge in [-0.15, -0.1) is 16.4 Å². The minimum Gasteiger partial charge on any atom is -0.323 e. The fourth-order valence-electron chi connectivity index (χ4n) is 1.35. The quantitative estimate of drug-likeness (QED) is 0.922. The van der Waals surface area contributed by atoms with Gasteiger partial charge in [-0.3, -0.25) is 0 Å². The Balaban J connectivity index is 2.10. The Bertz CT molecular complexity index is 452. The molecule has 6 heteroatoms. The minimum atomic E-state index is -0.0280. The molecule has 2 aromatic heterocycles. The van der Waals surface area contributed by atoms with Crippen molar-refractivity contribution in [3.8, 4) is 0 Å². The molecule has 2 aromatic rings. The second kappa shape index (κ2) is 4.57. The van der Waals surface area contributed by atoms with Crippen LogP contribution in [0.3, 0.4) is 0 Å². The number of nitrogens with zero attached hydrogens (tertiary/aromatic N) is 2.